The Morgan fingerprint density at radius 1 is 1.40 bits per heavy atom. The lowest BCUT2D eigenvalue weighted by atomic mass is 10.1. The van der Waals surface area contributed by atoms with Gasteiger partial charge in [-0.05, 0) is 31.5 Å². The van der Waals surface area contributed by atoms with Crippen LogP contribution in [0.5, 0.6) is 0 Å². The first kappa shape index (κ1) is 13.8. The van der Waals surface area contributed by atoms with Crippen molar-refractivity contribution in [2.24, 2.45) is 5.73 Å². The van der Waals surface area contributed by atoms with E-state index in [0.717, 1.165) is 11.1 Å². The summed E-state index contributed by atoms with van der Waals surface area (Å²) in [5, 5.41) is 6.47. The van der Waals surface area contributed by atoms with Gasteiger partial charge in [0.2, 0.25) is 5.76 Å². The predicted octanol–water partition coefficient (Wildman–Crippen LogP) is 1.85. The van der Waals surface area contributed by atoms with Gasteiger partial charge >= 0.3 is 0 Å². The van der Waals surface area contributed by atoms with Crippen molar-refractivity contribution in [1.29, 1.82) is 0 Å². The molecule has 2 rings (SSSR count). The molecule has 1 aromatic heterocycles. The van der Waals surface area contributed by atoms with E-state index in [1.165, 1.54) is 0 Å². The molecule has 0 atom stereocenters. The monoisotopic (exact) mass is 269 g/mol. The average molecular weight is 269 g/mol. The van der Waals surface area contributed by atoms with Gasteiger partial charge < -0.3 is 15.6 Å². The molecule has 0 aliphatic rings. The van der Waals surface area contributed by atoms with Gasteiger partial charge in [0, 0.05) is 17.3 Å². The molecule has 0 spiro atoms. The number of aromatic nitrogens is 1. The number of nitrogens with two attached hydrogens (primary N) is 1. The fourth-order valence-electron chi connectivity index (χ4n) is 1.64. The van der Waals surface area contributed by atoms with E-state index in [1.54, 1.807) is 19.1 Å². The van der Waals surface area contributed by atoms with Gasteiger partial charge in [0.15, 0.2) is 0 Å². The number of nitrogens with zero attached hydrogens (tertiary/aromatic N) is 1. The summed E-state index contributed by atoms with van der Waals surface area (Å²) in [5.41, 5.74) is 8.42. The van der Waals surface area contributed by atoms with Gasteiger partial charge in [-0.3, -0.25) is 4.79 Å². The van der Waals surface area contributed by atoms with Crippen LogP contribution in [0.15, 0.2) is 28.8 Å². The third-order valence-corrected chi connectivity index (χ3v) is 2.67. The molecule has 2 aromatic rings. The van der Waals surface area contributed by atoms with Crippen molar-refractivity contribution >= 4 is 11.6 Å². The summed E-state index contributed by atoms with van der Waals surface area (Å²) in [6.07, 6.45) is 0. The predicted molar refractivity (Wildman–Crippen MR) is 76.3 cm³/mol. The molecule has 1 heterocycles. The Bertz CT molecular complexity index is 693. The first-order chi connectivity index (χ1) is 9.60. The van der Waals surface area contributed by atoms with Gasteiger partial charge in [0.25, 0.3) is 5.91 Å². The van der Waals surface area contributed by atoms with Crippen LogP contribution in [-0.4, -0.2) is 17.6 Å². The largest absolute Gasteiger partial charge is 0.351 e. The zero-order chi connectivity index (χ0) is 14.5. The SMILES string of the molecule is Cc1cc(C(=O)Nc2cc(C#CCN)ccc2C)on1. The molecular formula is C15H15N3O2. The minimum absolute atomic E-state index is 0.181. The second-order valence-electron chi connectivity index (χ2n) is 4.32. The van der Waals surface area contributed by atoms with Crippen molar-refractivity contribution in [3.63, 3.8) is 0 Å². The smallest absolute Gasteiger partial charge is 0.294 e. The number of nitrogens with one attached hydrogen (secondary N) is 1. The standard InChI is InChI=1S/C15H15N3O2/c1-10-5-6-12(4-3-7-16)9-13(10)17-15(19)14-8-11(2)18-20-14/h5-6,8-9H,7,16H2,1-2H3,(H,17,19). The maximum atomic E-state index is 12.0. The van der Waals surface area contributed by atoms with E-state index in [9.17, 15) is 4.79 Å². The second-order valence-corrected chi connectivity index (χ2v) is 4.32. The average Bonchev–Trinajstić information content (AvgIpc) is 2.86. The van der Waals surface area contributed by atoms with Crippen LogP contribution in [-0.2, 0) is 0 Å². The first-order valence-electron chi connectivity index (χ1n) is 6.14. The highest BCUT2D eigenvalue weighted by molar-refractivity contribution is 6.02. The molecule has 1 aromatic carbocycles. The lowest BCUT2D eigenvalue weighted by Gasteiger charge is -2.07. The van der Waals surface area contributed by atoms with Crippen LogP contribution in [0.4, 0.5) is 5.69 Å². The van der Waals surface area contributed by atoms with Crippen LogP contribution < -0.4 is 11.1 Å². The third kappa shape index (κ3) is 3.25. The van der Waals surface area contributed by atoms with Crippen LogP contribution in [0.25, 0.3) is 0 Å². The van der Waals surface area contributed by atoms with Crippen molar-refractivity contribution in [2.75, 3.05) is 11.9 Å². The van der Waals surface area contributed by atoms with Gasteiger partial charge in [0.05, 0.1) is 12.2 Å². The van der Waals surface area contributed by atoms with Gasteiger partial charge in [-0.15, -0.1) is 0 Å². The minimum Gasteiger partial charge on any atom is -0.351 e. The number of hydrogen-bond donors (Lipinski definition) is 2. The van der Waals surface area contributed by atoms with Crippen LogP contribution in [0, 0.1) is 25.7 Å². The second kappa shape index (κ2) is 6.04. The number of benzene rings is 1. The zero-order valence-corrected chi connectivity index (χ0v) is 11.4. The van der Waals surface area contributed by atoms with Crippen molar-refractivity contribution in [3.8, 4) is 11.8 Å². The van der Waals surface area contributed by atoms with Crippen LogP contribution >= 0.6 is 0 Å². The summed E-state index contributed by atoms with van der Waals surface area (Å²) in [6, 6.07) is 7.16. The van der Waals surface area contributed by atoms with E-state index < -0.39 is 0 Å². The Hall–Kier alpha value is -2.58. The molecule has 0 saturated heterocycles. The lowest BCUT2D eigenvalue weighted by Crippen LogP contribution is -2.12. The number of carbonyl (C=O) groups is 1. The molecule has 102 valence electrons. The Morgan fingerprint density at radius 3 is 2.85 bits per heavy atom. The van der Waals surface area contributed by atoms with E-state index >= 15 is 0 Å². The quantitative estimate of drug-likeness (QED) is 0.815. The van der Waals surface area contributed by atoms with Gasteiger partial charge in [0.1, 0.15) is 0 Å². The fraction of sp³-hybridized carbons (Fsp3) is 0.200. The highest BCUT2D eigenvalue weighted by Gasteiger charge is 2.12. The minimum atomic E-state index is -0.336. The topological polar surface area (TPSA) is 81.2 Å². The molecule has 20 heavy (non-hydrogen) atoms. The maximum Gasteiger partial charge on any atom is 0.294 e. The number of aryl methyl sites for hydroxylation is 2. The van der Waals surface area contributed by atoms with E-state index in [4.69, 9.17) is 10.3 Å². The summed E-state index contributed by atoms with van der Waals surface area (Å²) in [4.78, 5) is 12.0. The lowest BCUT2D eigenvalue weighted by molar-refractivity contribution is 0.0988. The van der Waals surface area contributed by atoms with Crippen LogP contribution in [0.3, 0.4) is 0 Å². The van der Waals surface area contributed by atoms with Crippen LogP contribution in [0.2, 0.25) is 0 Å². The van der Waals surface area contributed by atoms with Crippen molar-refractivity contribution in [3.05, 3.63) is 46.8 Å². The Balaban J connectivity index is 2.22. The fourth-order valence-corrected chi connectivity index (χ4v) is 1.64. The molecule has 0 aliphatic carbocycles. The van der Waals surface area contributed by atoms with E-state index in [0.29, 0.717) is 17.9 Å². The molecule has 0 radical (unpaired) electrons. The normalized spacial score (nSPS) is 9.75. The van der Waals surface area contributed by atoms with E-state index in [1.807, 2.05) is 19.1 Å². The summed E-state index contributed by atoms with van der Waals surface area (Å²) in [6.45, 7) is 3.96. The number of rotatable bonds is 2. The molecule has 0 fully saturated rings. The van der Waals surface area contributed by atoms with Crippen molar-refractivity contribution in [1.82, 2.24) is 5.16 Å². The molecule has 0 saturated carbocycles. The van der Waals surface area contributed by atoms with Crippen LogP contribution in [0.1, 0.15) is 27.4 Å². The number of carbonyl (C=O) groups excluding carboxylic acids is 1. The Morgan fingerprint density at radius 2 is 2.20 bits per heavy atom. The molecule has 5 nitrogen and oxygen atoms in total. The van der Waals surface area contributed by atoms with Crippen molar-refractivity contribution in [2.45, 2.75) is 13.8 Å². The van der Waals surface area contributed by atoms with Gasteiger partial charge in [-0.25, -0.2) is 0 Å². The maximum absolute atomic E-state index is 12.0. The summed E-state index contributed by atoms with van der Waals surface area (Å²) in [7, 11) is 0. The summed E-state index contributed by atoms with van der Waals surface area (Å²) >= 11 is 0. The molecule has 0 aliphatic heterocycles. The van der Waals surface area contributed by atoms with Crippen molar-refractivity contribution < 1.29 is 9.32 Å². The number of hydrogen-bond acceptors (Lipinski definition) is 4. The first-order valence-corrected chi connectivity index (χ1v) is 6.14. The molecule has 0 unspecified atom stereocenters. The van der Waals surface area contributed by atoms with Gasteiger partial charge in [-0.1, -0.05) is 23.1 Å². The van der Waals surface area contributed by atoms with E-state index in [2.05, 4.69) is 22.3 Å². The molecule has 5 heteroatoms. The number of amides is 1. The molecule has 3 N–H and O–H groups in total. The third-order valence-electron chi connectivity index (χ3n) is 2.67. The highest BCUT2D eigenvalue weighted by atomic mass is 16.5. The Kier molecular flexibility index (Phi) is 4.18. The number of anilines is 1. The zero-order valence-electron chi connectivity index (χ0n) is 11.4. The summed E-state index contributed by atoms with van der Waals surface area (Å²) < 4.78 is 4.93. The van der Waals surface area contributed by atoms with E-state index in [-0.39, 0.29) is 11.7 Å². The molecular weight excluding hydrogens is 254 g/mol. The summed E-state index contributed by atoms with van der Waals surface area (Å²) in [5.74, 6) is 5.55. The molecule has 0 bridgehead atoms. The van der Waals surface area contributed by atoms with Gasteiger partial charge in [-0.2, -0.15) is 0 Å². The highest BCUT2D eigenvalue weighted by Crippen LogP contribution is 2.17. The molecule has 1 amide bonds. The Labute approximate surface area is 117 Å².